The van der Waals surface area contributed by atoms with Gasteiger partial charge in [0.05, 0.1) is 12.4 Å². The van der Waals surface area contributed by atoms with Gasteiger partial charge in [-0.3, -0.25) is 0 Å². The summed E-state index contributed by atoms with van der Waals surface area (Å²) in [6.45, 7) is 0.698. The number of nitrogens with zero attached hydrogens (tertiary/aromatic N) is 5. The van der Waals surface area contributed by atoms with Crippen molar-refractivity contribution in [3.63, 3.8) is 0 Å². The van der Waals surface area contributed by atoms with Crippen LogP contribution in [-0.2, 0) is 13.0 Å². The Hall–Kier alpha value is -2.21. The van der Waals surface area contributed by atoms with E-state index in [4.69, 9.17) is 11.0 Å². The fourth-order valence-electron chi connectivity index (χ4n) is 2.41. The summed E-state index contributed by atoms with van der Waals surface area (Å²) in [5, 5.41) is 8.66. The smallest absolute Gasteiger partial charge is 0.165 e. The van der Waals surface area contributed by atoms with Crippen LogP contribution in [0.15, 0.2) is 30.6 Å². The van der Waals surface area contributed by atoms with Crippen molar-refractivity contribution in [2.24, 2.45) is 0 Å². The summed E-state index contributed by atoms with van der Waals surface area (Å²) < 4.78 is 3.11. The Morgan fingerprint density at radius 3 is 2.96 bits per heavy atom. The van der Waals surface area contributed by atoms with Gasteiger partial charge >= 0.3 is 0 Å². The Labute approximate surface area is 147 Å². The second-order valence-electron chi connectivity index (χ2n) is 5.20. The number of nitrogens with two attached hydrogens (primary N) is 1. The molecule has 0 radical (unpaired) electrons. The largest absolute Gasteiger partial charge is 0.382 e. The molecule has 0 saturated carbocycles. The van der Waals surface area contributed by atoms with E-state index in [0.29, 0.717) is 36.5 Å². The first-order valence-electron chi connectivity index (χ1n) is 7.26. The lowest BCUT2D eigenvalue weighted by molar-refractivity contribution is 0.663. The topological polar surface area (TPSA) is 93.4 Å². The van der Waals surface area contributed by atoms with Gasteiger partial charge in [0.1, 0.15) is 11.3 Å². The number of rotatable bonds is 5. The SMILES string of the molecule is N#CCCCn1cnc2c(N)nc(Cc3cccc(I)c3)nc21. The zero-order valence-corrected chi connectivity index (χ0v) is 14.6. The van der Waals surface area contributed by atoms with Crippen molar-refractivity contribution in [2.45, 2.75) is 25.8 Å². The van der Waals surface area contributed by atoms with Gasteiger partial charge in [-0.25, -0.2) is 15.0 Å². The standard InChI is InChI=1S/C16H15IN6/c17-12-5-3-4-11(8-12)9-13-21-15(19)14-16(22-13)23(10-20-14)7-2-1-6-18/h3-5,8,10H,1-2,7,9H2,(H2,19,21,22). The quantitative estimate of drug-likeness (QED) is 0.508. The Kier molecular flexibility index (Phi) is 4.71. The maximum absolute atomic E-state index is 8.66. The van der Waals surface area contributed by atoms with Gasteiger partial charge in [-0.15, -0.1) is 0 Å². The van der Waals surface area contributed by atoms with Crippen molar-refractivity contribution in [3.05, 3.63) is 45.6 Å². The van der Waals surface area contributed by atoms with Crippen LogP contribution < -0.4 is 5.73 Å². The van der Waals surface area contributed by atoms with Crippen LogP contribution in [0.5, 0.6) is 0 Å². The normalized spacial score (nSPS) is 10.8. The summed E-state index contributed by atoms with van der Waals surface area (Å²) in [7, 11) is 0. The summed E-state index contributed by atoms with van der Waals surface area (Å²) in [5.41, 5.74) is 8.52. The number of unbranched alkanes of at least 4 members (excludes halogenated alkanes) is 1. The molecule has 3 rings (SSSR count). The third kappa shape index (κ3) is 3.59. The molecule has 116 valence electrons. The molecule has 0 aliphatic rings. The molecule has 0 amide bonds. The highest BCUT2D eigenvalue weighted by Gasteiger charge is 2.11. The van der Waals surface area contributed by atoms with E-state index in [1.165, 1.54) is 3.57 Å². The predicted octanol–water partition coefficient (Wildman–Crippen LogP) is 2.91. The van der Waals surface area contributed by atoms with Crippen LogP contribution in [-0.4, -0.2) is 19.5 Å². The van der Waals surface area contributed by atoms with Crippen molar-refractivity contribution in [1.82, 2.24) is 19.5 Å². The molecule has 7 heteroatoms. The van der Waals surface area contributed by atoms with E-state index in [2.05, 4.69) is 55.7 Å². The number of nitrogen functional groups attached to an aromatic ring is 1. The van der Waals surface area contributed by atoms with Crippen molar-refractivity contribution in [2.75, 3.05) is 5.73 Å². The number of halogens is 1. The molecule has 0 atom stereocenters. The number of aromatic nitrogens is 4. The number of benzene rings is 1. The van der Waals surface area contributed by atoms with Crippen LogP contribution in [0.3, 0.4) is 0 Å². The van der Waals surface area contributed by atoms with E-state index in [1.54, 1.807) is 6.33 Å². The third-order valence-corrected chi connectivity index (χ3v) is 4.15. The molecular formula is C16H15IN6. The molecular weight excluding hydrogens is 403 g/mol. The molecule has 0 bridgehead atoms. The molecule has 6 nitrogen and oxygen atoms in total. The van der Waals surface area contributed by atoms with Gasteiger partial charge in [0.15, 0.2) is 11.5 Å². The lowest BCUT2D eigenvalue weighted by Gasteiger charge is -2.06. The first-order valence-corrected chi connectivity index (χ1v) is 8.34. The Morgan fingerprint density at radius 2 is 2.17 bits per heavy atom. The molecule has 0 fully saturated rings. The van der Waals surface area contributed by atoms with Crippen LogP contribution >= 0.6 is 22.6 Å². The minimum atomic E-state index is 0.398. The van der Waals surface area contributed by atoms with Gasteiger partial charge in [-0.1, -0.05) is 12.1 Å². The van der Waals surface area contributed by atoms with E-state index < -0.39 is 0 Å². The Balaban J connectivity index is 1.92. The van der Waals surface area contributed by atoms with Crippen LogP contribution in [0.4, 0.5) is 5.82 Å². The van der Waals surface area contributed by atoms with Crippen molar-refractivity contribution in [1.29, 1.82) is 5.26 Å². The molecule has 0 aliphatic carbocycles. The first-order chi connectivity index (χ1) is 11.2. The highest BCUT2D eigenvalue weighted by atomic mass is 127. The molecule has 23 heavy (non-hydrogen) atoms. The second-order valence-corrected chi connectivity index (χ2v) is 6.45. The summed E-state index contributed by atoms with van der Waals surface area (Å²) in [6.07, 6.45) is 3.61. The van der Waals surface area contributed by atoms with Gasteiger partial charge in [-0.05, 0) is 46.7 Å². The summed E-state index contributed by atoms with van der Waals surface area (Å²) in [6, 6.07) is 10.4. The summed E-state index contributed by atoms with van der Waals surface area (Å²) in [5.74, 6) is 1.08. The van der Waals surface area contributed by atoms with E-state index in [-0.39, 0.29) is 0 Å². The Morgan fingerprint density at radius 1 is 1.30 bits per heavy atom. The van der Waals surface area contributed by atoms with E-state index in [1.807, 2.05) is 16.7 Å². The van der Waals surface area contributed by atoms with E-state index in [9.17, 15) is 0 Å². The number of hydrogen-bond acceptors (Lipinski definition) is 5. The number of aryl methyl sites for hydroxylation is 1. The van der Waals surface area contributed by atoms with Crippen molar-refractivity contribution >= 4 is 39.6 Å². The monoisotopic (exact) mass is 418 g/mol. The maximum atomic E-state index is 8.66. The zero-order valence-electron chi connectivity index (χ0n) is 12.4. The minimum Gasteiger partial charge on any atom is -0.382 e. The average molecular weight is 418 g/mol. The number of nitriles is 1. The third-order valence-electron chi connectivity index (χ3n) is 3.48. The van der Waals surface area contributed by atoms with E-state index >= 15 is 0 Å². The van der Waals surface area contributed by atoms with Gasteiger partial charge in [0.2, 0.25) is 0 Å². The first kappa shape index (κ1) is 15.7. The minimum absolute atomic E-state index is 0.398. The second kappa shape index (κ2) is 6.91. The predicted molar refractivity (Wildman–Crippen MR) is 96.5 cm³/mol. The van der Waals surface area contributed by atoms with Gasteiger partial charge in [-0.2, -0.15) is 5.26 Å². The molecule has 2 aromatic heterocycles. The highest BCUT2D eigenvalue weighted by Crippen LogP contribution is 2.19. The number of anilines is 1. The molecule has 2 heterocycles. The summed E-state index contributed by atoms with van der Waals surface area (Å²) >= 11 is 2.29. The van der Waals surface area contributed by atoms with Crippen molar-refractivity contribution in [3.8, 4) is 6.07 Å². The van der Waals surface area contributed by atoms with Crippen LogP contribution in [0.25, 0.3) is 11.2 Å². The van der Waals surface area contributed by atoms with Crippen LogP contribution in [0, 0.1) is 14.9 Å². The Bertz CT molecular complexity index is 880. The maximum Gasteiger partial charge on any atom is 0.165 e. The van der Waals surface area contributed by atoms with Gasteiger partial charge in [0.25, 0.3) is 0 Å². The zero-order chi connectivity index (χ0) is 16.2. The number of hydrogen-bond donors (Lipinski definition) is 1. The highest BCUT2D eigenvalue weighted by molar-refractivity contribution is 14.1. The molecule has 0 unspecified atom stereocenters. The van der Waals surface area contributed by atoms with Gasteiger partial charge in [0, 0.05) is 23.0 Å². The summed E-state index contributed by atoms with van der Waals surface area (Å²) in [4.78, 5) is 13.3. The van der Waals surface area contributed by atoms with Crippen LogP contribution in [0.1, 0.15) is 24.2 Å². The molecule has 0 saturated heterocycles. The van der Waals surface area contributed by atoms with Crippen LogP contribution in [0.2, 0.25) is 0 Å². The molecule has 0 spiro atoms. The van der Waals surface area contributed by atoms with Gasteiger partial charge < -0.3 is 10.3 Å². The average Bonchev–Trinajstić information content (AvgIpc) is 2.91. The van der Waals surface area contributed by atoms with E-state index in [0.717, 1.165) is 17.6 Å². The van der Waals surface area contributed by atoms with Crippen molar-refractivity contribution < 1.29 is 0 Å². The molecule has 0 aliphatic heterocycles. The number of fused-ring (bicyclic) bond motifs is 1. The fourth-order valence-corrected chi connectivity index (χ4v) is 3.02. The fraction of sp³-hybridized carbons (Fsp3) is 0.250. The molecule has 3 aromatic rings. The number of imidazole rings is 1. The lowest BCUT2D eigenvalue weighted by atomic mass is 10.1. The lowest BCUT2D eigenvalue weighted by Crippen LogP contribution is -2.05. The molecule has 2 N–H and O–H groups in total. The molecule has 1 aromatic carbocycles.